The van der Waals surface area contributed by atoms with E-state index in [-0.39, 0.29) is 59.6 Å². The third-order valence-electron chi connectivity index (χ3n) is 22.1. The Bertz CT molecular complexity index is 5840. The first kappa shape index (κ1) is 72.5. The van der Waals surface area contributed by atoms with Crippen LogP contribution in [0.1, 0.15) is 194 Å². The highest BCUT2D eigenvalue weighted by molar-refractivity contribution is 5.87. The largest absolute Gasteiger partial charge is 0.450 e. The molecule has 2 atom stereocenters. The molecular weight excluding hydrogens is 1440 g/mol. The Kier molecular flexibility index (Phi) is 19.2. The van der Waals surface area contributed by atoms with E-state index in [0.29, 0.717) is 189 Å². The molecule has 0 radical (unpaired) electrons. The fourth-order valence-corrected chi connectivity index (χ4v) is 16.7. The van der Waals surface area contributed by atoms with E-state index >= 15 is 0 Å². The Morgan fingerprint density at radius 1 is 0.360 bits per heavy atom. The molecule has 3 amide bonds. The van der Waals surface area contributed by atoms with E-state index in [0.717, 1.165) is 63.8 Å². The Hall–Kier alpha value is -13.1. The van der Waals surface area contributed by atoms with E-state index < -0.39 is 41.4 Å². The highest BCUT2D eigenvalue weighted by Crippen LogP contribution is 2.62. The Morgan fingerprint density at radius 3 is 0.904 bits per heavy atom. The lowest BCUT2D eigenvalue weighted by Gasteiger charge is -2.32. The minimum absolute atomic E-state index is 0.0329. The number of H-pyrrole nitrogens is 1. The van der Waals surface area contributed by atoms with Gasteiger partial charge in [0, 0.05) is 115 Å². The number of aromatic amines is 1. The summed E-state index contributed by atoms with van der Waals surface area (Å²) in [5.74, 6) is 2.77. The maximum absolute atomic E-state index is 13.9. The second kappa shape index (κ2) is 30.2. The topological polar surface area (TPSA) is 302 Å². The minimum Gasteiger partial charge on any atom is -0.450 e. The molecule has 4 aliphatic heterocycles. The van der Waals surface area contributed by atoms with Crippen molar-refractivity contribution in [3.8, 4) is 93.0 Å². The average Bonchev–Trinajstić information content (AvgIpc) is 1.47. The molecule has 1 aliphatic carbocycles. The molecule has 4 N–H and O–H groups in total. The number of hydrogen-bond donors (Lipinski definition) is 4. The summed E-state index contributed by atoms with van der Waals surface area (Å²) in [5, 5.41) is 8.37. The van der Waals surface area contributed by atoms with Crippen molar-refractivity contribution in [2.45, 2.75) is 156 Å². The first-order chi connectivity index (χ1) is 55.6. The highest BCUT2D eigenvalue weighted by Gasteiger charge is 2.43. The number of alkyl carbamates (subject to hydrolysis) is 1. The van der Waals surface area contributed by atoms with Crippen LogP contribution in [0.25, 0.3) is 44.1 Å². The number of nitrogens with zero attached hydrogens (tertiary/aromatic N) is 9. The number of carbonyl (C=O) groups excluding carboxylic acids is 2. The fraction of sp³-hybridized carbons (Fsp3) is 0.303. The number of nitrogens with one attached hydrogen (secondary N) is 4. The Labute approximate surface area is 656 Å². The van der Waals surface area contributed by atoms with Gasteiger partial charge in [-0.05, 0) is 152 Å². The van der Waals surface area contributed by atoms with Gasteiger partial charge in [-0.25, -0.2) is 49.5 Å². The van der Waals surface area contributed by atoms with Crippen molar-refractivity contribution >= 4 is 62.2 Å². The quantitative estimate of drug-likeness (QED) is 0.0580. The maximum Gasteiger partial charge on any atom is 0.407 e. The molecule has 9 heterocycles. The molecule has 8 bridgehead atoms. The number of unbranched alkanes of at least 4 members (excludes halogenated alkanes) is 3. The van der Waals surface area contributed by atoms with Crippen molar-refractivity contribution in [2.24, 2.45) is 0 Å². The van der Waals surface area contributed by atoms with E-state index in [1.807, 2.05) is 125 Å². The lowest BCUT2D eigenvalue weighted by Crippen LogP contribution is -2.31. The van der Waals surface area contributed by atoms with Crippen molar-refractivity contribution in [3.05, 3.63) is 210 Å². The van der Waals surface area contributed by atoms with Gasteiger partial charge in [0.25, 0.3) is 52.6 Å². The first-order valence-electron chi connectivity index (χ1n) is 39.4. The normalized spacial score (nSPS) is 15.7. The van der Waals surface area contributed by atoms with Crippen LogP contribution in [0.2, 0.25) is 0 Å². The number of rotatable bonds is 18. The van der Waals surface area contributed by atoms with E-state index in [9.17, 15) is 14.4 Å². The number of fused-ring (bicyclic) bond motifs is 8. The van der Waals surface area contributed by atoms with Crippen molar-refractivity contribution in [2.75, 3.05) is 25.0 Å². The van der Waals surface area contributed by atoms with Gasteiger partial charge in [0.15, 0.2) is 0 Å². The first-order valence-corrected chi connectivity index (χ1v) is 39.4. The Morgan fingerprint density at radius 2 is 0.632 bits per heavy atom. The van der Waals surface area contributed by atoms with Crippen LogP contribution in [0.4, 0.5) is 15.5 Å². The van der Waals surface area contributed by atoms with Crippen molar-refractivity contribution in [1.82, 2.24) is 60.5 Å². The number of benzene rings is 8. The smallest absolute Gasteiger partial charge is 0.407 e. The van der Waals surface area contributed by atoms with Crippen molar-refractivity contribution in [3.63, 3.8) is 0 Å². The number of hydrogen-bond acceptors (Lipinski definition) is 21. The molecule has 5 aromatic heterocycles. The lowest BCUT2D eigenvalue weighted by molar-refractivity contribution is 0.143. The highest BCUT2D eigenvalue weighted by atomic mass is 16.6. The number of para-hydroxylation sites is 8. The van der Waals surface area contributed by atoms with Crippen molar-refractivity contribution in [1.29, 1.82) is 0 Å². The van der Waals surface area contributed by atoms with E-state index in [1.54, 1.807) is 6.92 Å². The standard InChI is InChI=1S/C89H83N13O12/c1-9-25-50-54-41-56-51(26-10-2)58-43-60-53(28-24-39-106-89(105)91-38-23-13-12-22-37-90-88(104)102-87-92-45(4)40-70(103)101-87)61-44-59-52(27-11-3)57-42-55(50)72-47(6)74(57)110-82-84(98-67-34-19-17-32-65(67)96-82)112-76(59)49(8)78(61)114-86-85(99-68-35-20-21-36-69(68)100-86)113-77(60)48(7)75(58)111-83-81(95-64-31-16-18-33-66(64)97-83)109-73(56)46(5)71(54)107-79-80(108-72)94-63-30-15-14-29-62(63)93-79/h14-21,29-36,40-44,50-53H,9-13,22-28,37-39H2,1-8H3,(H,91,105)(H3,90,92,101,102,103,104). The van der Waals surface area contributed by atoms with Crippen molar-refractivity contribution < 1.29 is 52.2 Å². The van der Waals surface area contributed by atoms with Gasteiger partial charge in [0.2, 0.25) is 5.95 Å². The number of aryl methyl sites for hydroxylation is 1. The molecule has 0 saturated heterocycles. The SMILES string of the molecule is CCCC1c2cc3c4c(C)c2Oc2nc5ccccc5nc2Oc2c1cc1c(c2C)Oc2nc5ccccc5nc2Oc2c(cc5c(c2C)Oc2nc6ccccc6nc2Oc2c(cc(c(c2C)Oc2nc6ccccc6nc2O4)C3CCC)C5CCCOC(=O)NCCCCCCNC(=O)Nc2nc(=O)cc(C)[nH]2)C1CCC. The van der Waals surface area contributed by atoms with Gasteiger partial charge in [0.05, 0.1) is 50.7 Å². The minimum atomic E-state index is -0.642. The number of urea groups is 1. The zero-order valence-electron chi connectivity index (χ0n) is 64.5. The van der Waals surface area contributed by atoms with Gasteiger partial charge in [-0.3, -0.25) is 10.1 Å². The van der Waals surface area contributed by atoms with E-state index in [4.69, 9.17) is 82.5 Å². The number of carbonyl (C=O) groups is 2. The van der Waals surface area contributed by atoms with Gasteiger partial charge in [-0.2, -0.15) is 4.98 Å². The number of amides is 3. The van der Waals surface area contributed by atoms with Gasteiger partial charge in [-0.1, -0.05) is 101 Å². The fourth-order valence-electron chi connectivity index (χ4n) is 16.7. The van der Waals surface area contributed by atoms with Crippen LogP contribution in [0, 0.1) is 34.6 Å². The molecule has 576 valence electrons. The molecule has 25 nitrogen and oxygen atoms in total. The second-order valence-electron chi connectivity index (χ2n) is 29.8. The van der Waals surface area contributed by atoms with Crippen LogP contribution in [-0.2, 0) is 4.74 Å². The van der Waals surface area contributed by atoms with Crippen LogP contribution in [0.3, 0.4) is 0 Å². The van der Waals surface area contributed by atoms with Crippen LogP contribution in [0.5, 0.6) is 93.0 Å². The van der Waals surface area contributed by atoms with Gasteiger partial charge in [-0.15, -0.1) is 0 Å². The summed E-state index contributed by atoms with van der Waals surface area (Å²) in [5.41, 5.74) is 13.9. The van der Waals surface area contributed by atoms with Gasteiger partial charge in [0.1, 0.15) is 46.0 Å². The third kappa shape index (κ3) is 13.4. The molecule has 25 heteroatoms. The number of anilines is 1. The monoisotopic (exact) mass is 1530 g/mol. The predicted octanol–water partition coefficient (Wildman–Crippen LogP) is 20.8. The van der Waals surface area contributed by atoms with Gasteiger partial charge >= 0.3 is 12.1 Å². The zero-order valence-corrected chi connectivity index (χ0v) is 64.5. The van der Waals surface area contributed by atoms with Gasteiger partial charge < -0.3 is 58.2 Å². The van der Waals surface area contributed by atoms with Crippen LogP contribution < -0.4 is 59.4 Å². The summed E-state index contributed by atoms with van der Waals surface area (Å²) >= 11 is 0. The molecular formula is C89H83N13O12. The molecule has 5 aliphatic rings. The summed E-state index contributed by atoms with van der Waals surface area (Å²) < 4.78 is 66.5. The summed E-state index contributed by atoms with van der Waals surface area (Å²) in [6.07, 6.45) is 7.09. The van der Waals surface area contributed by atoms with E-state index in [1.165, 1.54) is 6.07 Å². The van der Waals surface area contributed by atoms with Crippen LogP contribution in [0.15, 0.2) is 132 Å². The Balaban J connectivity index is 0.859. The molecule has 114 heavy (non-hydrogen) atoms. The lowest BCUT2D eigenvalue weighted by atomic mass is 9.75. The molecule has 8 aromatic carbocycles. The summed E-state index contributed by atoms with van der Waals surface area (Å²) in [4.78, 5) is 87.3. The maximum atomic E-state index is 13.9. The molecule has 0 fully saturated rings. The van der Waals surface area contributed by atoms with Crippen LogP contribution in [-0.4, -0.2) is 81.7 Å². The number of aromatic nitrogens is 10. The third-order valence-corrected chi connectivity index (χ3v) is 22.1. The summed E-state index contributed by atoms with van der Waals surface area (Å²) in [6.45, 7) is 17.2. The molecule has 13 aromatic rings. The molecule has 0 saturated carbocycles. The number of ether oxygens (including phenoxy) is 9. The average molecular weight is 1530 g/mol. The summed E-state index contributed by atoms with van der Waals surface area (Å²) in [6, 6.07) is 40.5. The molecule has 0 spiro atoms. The van der Waals surface area contributed by atoms with Crippen LogP contribution >= 0.6 is 0 Å². The molecule has 18 rings (SSSR count). The molecule has 2 unspecified atom stereocenters. The second-order valence-corrected chi connectivity index (χ2v) is 29.8. The predicted molar refractivity (Wildman–Crippen MR) is 429 cm³/mol. The summed E-state index contributed by atoms with van der Waals surface area (Å²) in [7, 11) is 0. The zero-order chi connectivity index (χ0) is 78.0. The van der Waals surface area contributed by atoms with E-state index in [2.05, 4.69) is 71.0 Å².